The summed E-state index contributed by atoms with van der Waals surface area (Å²) in [5, 5.41) is 0. The van der Waals surface area contributed by atoms with Gasteiger partial charge in [0.05, 0.1) is 7.11 Å². The number of piperidine rings is 1. The molecule has 1 aromatic carbocycles. The van der Waals surface area contributed by atoms with Gasteiger partial charge in [0, 0.05) is 23.7 Å². The fourth-order valence-corrected chi connectivity index (χ4v) is 3.07. The molecule has 1 heterocycles. The Bertz CT molecular complexity index is 468. The Morgan fingerprint density at radius 1 is 1.38 bits per heavy atom. The average Bonchev–Trinajstić information content (AvgIpc) is 2.54. The van der Waals surface area contributed by atoms with Crippen LogP contribution in [0.15, 0.2) is 18.2 Å². The fraction of sp³-hybridized carbons (Fsp3) is 0.588. The zero-order valence-electron chi connectivity index (χ0n) is 13.3. The van der Waals surface area contributed by atoms with E-state index in [1.165, 1.54) is 25.9 Å². The van der Waals surface area contributed by atoms with Crippen molar-refractivity contribution in [1.29, 1.82) is 0 Å². The first-order valence-electron chi connectivity index (χ1n) is 7.72. The summed E-state index contributed by atoms with van der Waals surface area (Å²) in [5.41, 5.74) is 1.79. The predicted molar refractivity (Wildman–Crippen MR) is 85.0 cm³/mol. The van der Waals surface area contributed by atoms with Gasteiger partial charge in [-0.05, 0) is 57.7 Å². The Hall–Kier alpha value is -1.39. The maximum Gasteiger partial charge on any atom is 0.150 e. The third kappa shape index (κ3) is 4.05. The lowest BCUT2D eigenvalue weighted by atomic mass is 10.0. The first kappa shape index (κ1) is 16.0. The standard InChI is InChI=1S/C17H26N2O2/c1-4-19-9-7-16(8-10-19)18(2)12-15-11-14(13-20)5-6-17(15)21-3/h5-6,11,13,16H,4,7-10,12H2,1-3H3. The molecule has 0 N–H and O–H groups in total. The summed E-state index contributed by atoms with van der Waals surface area (Å²) in [6.45, 7) is 6.54. The molecule has 0 aromatic heterocycles. The maximum atomic E-state index is 11.0. The molecule has 0 spiro atoms. The number of likely N-dealkylation sites (tertiary alicyclic amines) is 1. The largest absolute Gasteiger partial charge is 0.496 e. The number of rotatable bonds is 6. The van der Waals surface area contributed by atoms with Crippen molar-refractivity contribution in [2.24, 2.45) is 0 Å². The van der Waals surface area contributed by atoms with Crippen LogP contribution in [0.1, 0.15) is 35.7 Å². The van der Waals surface area contributed by atoms with Crippen molar-refractivity contribution in [1.82, 2.24) is 9.80 Å². The van der Waals surface area contributed by atoms with Gasteiger partial charge in [-0.3, -0.25) is 9.69 Å². The predicted octanol–water partition coefficient (Wildman–Crippen LogP) is 2.42. The second-order valence-corrected chi connectivity index (χ2v) is 5.77. The molecule has 0 bridgehead atoms. The summed E-state index contributed by atoms with van der Waals surface area (Å²) >= 11 is 0. The second-order valence-electron chi connectivity index (χ2n) is 5.77. The van der Waals surface area contributed by atoms with E-state index in [1.54, 1.807) is 13.2 Å². The van der Waals surface area contributed by atoms with E-state index in [1.807, 2.05) is 12.1 Å². The van der Waals surface area contributed by atoms with Crippen molar-refractivity contribution in [3.63, 3.8) is 0 Å². The van der Waals surface area contributed by atoms with Gasteiger partial charge in [-0.2, -0.15) is 0 Å². The highest BCUT2D eigenvalue weighted by Crippen LogP contribution is 2.23. The molecular formula is C17H26N2O2. The molecule has 1 aromatic rings. The lowest BCUT2D eigenvalue weighted by Gasteiger charge is -2.36. The van der Waals surface area contributed by atoms with Crippen LogP contribution in [0.3, 0.4) is 0 Å². The number of carbonyl (C=O) groups excluding carboxylic acids is 1. The van der Waals surface area contributed by atoms with Crippen molar-refractivity contribution in [2.75, 3.05) is 33.8 Å². The highest BCUT2D eigenvalue weighted by atomic mass is 16.5. The van der Waals surface area contributed by atoms with Gasteiger partial charge in [-0.15, -0.1) is 0 Å². The molecule has 0 saturated carbocycles. The van der Waals surface area contributed by atoms with Gasteiger partial charge in [-0.1, -0.05) is 6.92 Å². The van der Waals surface area contributed by atoms with E-state index in [-0.39, 0.29) is 0 Å². The number of aldehydes is 1. The monoisotopic (exact) mass is 290 g/mol. The van der Waals surface area contributed by atoms with Gasteiger partial charge >= 0.3 is 0 Å². The molecular weight excluding hydrogens is 264 g/mol. The highest BCUT2D eigenvalue weighted by Gasteiger charge is 2.22. The minimum Gasteiger partial charge on any atom is -0.496 e. The van der Waals surface area contributed by atoms with Crippen molar-refractivity contribution in [2.45, 2.75) is 32.4 Å². The van der Waals surface area contributed by atoms with E-state index in [4.69, 9.17) is 4.74 Å². The van der Waals surface area contributed by atoms with E-state index in [0.717, 1.165) is 30.7 Å². The first-order valence-corrected chi connectivity index (χ1v) is 7.72. The van der Waals surface area contributed by atoms with Crippen LogP contribution in [0.2, 0.25) is 0 Å². The Balaban J connectivity index is 2.02. The van der Waals surface area contributed by atoms with Gasteiger partial charge in [0.1, 0.15) is 12.0 Å². The Morgan fingerprint density at radius 2 is 2.10 bits per heavy atom. The summed E-state index contributed by atoms with van der Waals surface area (Å²) in [7, 11) is 3.85. The van der Waals surface area contributed by atoms with Crippen LogP contribution < -0.4 is 4.74 Å². The zero-order chi connectivity index (χ0) is 15.2. The molecule has 1 aliphatic rings. The summed E-state index contributed by atoms with van der Waals surface area (Å²) in [6, 6.07) is 6.22. The van der Waals surface area contributed by atoms with Crippen LogP contribution >= 0.6 is 0 Å². The van der Waals surface area contributed by atoms with E-state index in [0.29, 0.717) is 11.6 Å². The summed E-state index contributed by atoms with van der Waals surface area (Å²) in [4.78, 5) is 15.8. The second kappa shape index (κ2) is 7.57. The minimum absolute atomic E-state index is 0.609. The van der Waals surface area contributed by atoms with Crippen LogP contribution in [0.5, 0.6) is 5.75 Å². The van der Waals surface area contributed by atoms with Crippen LogP contribution in [0, 0.1) is 0 Å². The molecule has 116 valence electrons. The molecule has 0 aliphatic carbocycles. The van der Waals surface area contributed by atoms with E-state index in [2.05, 4.69) is 23.8 Å². The first-order chi connectivity index (χ1) is 10.2. The molecule has 21 heavy (non-hydrogen) atoms. The Morgan fingerprint density at radius 3 is 2.67 bits per heavy atom. The number of hydrogen-bond donors (Lipinski definition) is 0. The van der Waals surface area contributed by atoms with Crippen molar-refractivity contribution < 1.29 is 9.53 Å². The number of benzene rings is 1. The number of hydrogen-bond acceptors (Lipinski definition) is 4. The van der Waals surface area contributed by atoms with Gasteiger partial charge < -0.3 is 9.64 Å². The molecule has 0 unspecified atom stereocenters. The lowest BCUT2D eigenvalue weighted by molar-refractivity contribution is 0.112. The number of methoxy groups -OCH3 is 1. The summed E-state index contributed by atoms with van der Waals surface area (Å²) in [5.74, 6) is 0.860. The average molecular weight is 290 g/mol. The van der Waals surface area contributed by atoms with Gasteiger partial charge in [0.25, 0.3) is 0 Å². The Kier molecular flexibility index (Phi) is 5.76. The minimum atomic E-state index is 0.609. The number of ether oxygens (including phenoxy) is 1. The van der Waals surface area contributed by atoms with Gasteiger partial charge in [0.2, 0.25) is 0 Å². The lowest BCUT2D eigenvalue weighted by Crippen LogP contribution is -2.42. The molecule has 0 radical (unpaired) electrons. The molecule has 1 fully saturated rings. The van der Waals surface area contributed by atoms with Crippen LogP contribution in [0.4, 0.5) is 0 Å². The maximum absolute atomic E-state index is 11.0. The van der Waals surface area contributed by atoms with Crippen LogP contribution in [-0.4, -0.2) is 55.9 Å². The molecule has 1 aliphatic heterocycles. The number of nitrogens with zero attached hydrogens (tertiary/aromatic N) is 2. The smallest absolute Gasteiger partial charge is 0.150 e. The zero-order valence-corrected chi connectivity index (χ0v) is 13.3. The van der Waals surface area contributed by atoms with Crippen molar-refractivity contribution in [3.8, 4) is 5.75 Å². The topological polar surface area (TPSA) is 32.8 Å². The SMILES string of the molecule is CCN1CCC(N(C)Cc2cc(C=O)ccc2OC)CC1. The van der Waals surface area contributed by atoms with E-state index < -0.39 is 0 Å². The molecule has 1 saturated heterocycles. The van der Waals surface area contributed by atoms with Crippen molar-refractivity contribution in [3.05, 3.63) is 29.3 Å². The van der Waals surface area contributed by atoms with Crippen LogP contribution in [0.25, 0.3) is 0 Å². The van der Waals surface area contributed by atoms with Crippen LogP contribution in [-0.2, 0) is 6.54 Å². The molecule has 4 heteroatoms. The fourth-order valence-electron chi connectivity index (χ4n) is 3.07. The van der Waals surface area contributed by atoms with Crippen molar-refractivity contribution >= 4 is 6.29 Å². The highest BCUT2D eigenvalue weighted by molar-refractivity contribution is 5.75. The van der Waals surface area contributed by atoms with Gasteiger partial charge in [-0.25, -0.2) is 0 Å². The Labute approximate surface area is 127 Å². The third-order valence-electron chi connectivity index (χ3n) is 4.49. The molecule has 4 nitrogen and oxygen atoms in total. The molecule has 0 atom stereocenters. The quantitative estimate of drug-likeness (QED) is 0.753. The third-order valence-corrected chi connectivity index (χ3v) is 4.49. The summed E-state index contributed by atoms with van der Waals surface area (Å²) in [6.07, 6.45) is 3.31. The molecule has 2 rings (SSSR count). The van der Waals surface area contributed by atoms with Gasteiger partial charge in [0.15, 0.2) is 0 Å². The number of carbonyl (C=O) groups is 1. The van der Waals surface area contributed by atoms with E-state index >= 15 is 0 Å². The molecule has 0 amide bonds. The normalized spacial score (nSPS) is 17.1. The van der Waals surface area contributed by atoms with E-state index in [9.17, 15) is 4.79 Å². The summed E-state index contributed by atoms with van der Waals surface area (Å²) < 4.78 is 5.42.